The molecule has 2 bridgehead atoms. The first-order valence-corrected chi connectivity index (χ1v) is 6.12. The van der Waals surface area contributed by atoms with Crippen LogP contribution in [0.3, 0.4) is 0 Å². The maximum absolute atomic E-state index is 10.1. The molecule has 80 valence electrons. The van der Waals surface area contributed by atoms with Crippen molar-refractivity contribution in [1.29, 1.82) is 0 Å². The van der Waals surface area contributed by atoms with Gasteiger partial charge in [-0.3, -0.25) is 4.90 Å². The van der Waals surface area contributed by atoms with Gasteiger partial charge in [-0.05, 0) is 51.4 Å². The summed E-state index contributed by atoms with van der Waals surface area (Å²) in [5.74, 6) is 1.00. The highest BCUT2D eigenvalue weighted by atomic mass is 16.3. The molecular formula is C12H21NO. The topological polar surface area (TPSA) is 23.5 Å². The second-order valence-corrected chi connectivity index (χ2v) is 5.93. The molecule has 14 heavy (non-hydrogen) atoms. The molecule has 2 heteroatoms. The van der Waals surface area contributed by atoms with Crippen molar-refractivity contribution in [1.82, 2.24) is 4.90 Å². The van der Waals surface area contributed by atoms with Crippen molar-refractivity contribution in [3.05, 3.63) is 0 Å². The standard InChI is InChI=1S/C12H21NO/c1-12(14)6-10-4-5-11(7-12)13(10)8-9-2-3-9/h9-11,14H,2-8H2,1H3/t10-,11-/m1/s1. The van der Waals surface area contributed by atoms with Gasteiger partial charge in [-0.25, -0.2) is 0 Å². The minimum atomic E-state index is -0.369. The van der Waals surface area contributed by atoms with Crippen LogP contribution in [0.5, 0.6) is 0 Å². The molecular weight excluding hydrogens is 174 g/mol. The van der Waals surface area contributed by atoms with Crippen LogP contribution in [0.4, 0.5) is 0 Å². The van der Waals surface area contributed by atoms with Gasteiger partial charge in [-0.15, -0.1) is 0 Å². The summed E-state index contributed by atoms with van der Waals surface area (Å²) < 4.78 is 0. The Kier molecular flexibility index (Phi) is 1.94. The smallest absolute Gasteiger partial charge is 0.0649 e. The fourth-order valence-electron chi connectivity index (χ4n) is 3.45. The van der Waals surface area contributed by atoms with Gasteiger partial charge in [-0.2, -0.15) is 0 Å². The van der Waals surface area contributed by atoms with E-state index in [1.807, 2.05) is 6.92 Å². The van der Waals surface area contributed by atoms with Gasteiger partial charge in [0.05, 0.1) is 5.60 Å². The summed E-state index contributed by atoms with van der Waals surface area (Å²) in [6.45, 7) is 3.35. The van der Waals surface area contributed by atoms with Crippen molar-refractivity contribution in [3.63, 3.8) is 0 Å². The number of fused-ring (bicyclic) bond motifs is 2. The lowest BCUT2D eigenvalue weighted by molar-refractivity contribution is -0.0396. The van der Waals surface area contributed by atoms with E-state index in [2.05, 4.69) is 4.90 Å². The fraction of sp³-hybridized carbons (Fsp3) is 1.00. The second-order valence-electron chi connectivity index (χ2n) is 5.93. The van der Waals surface area contributed by atoms with Gasteiger partial charge in [0.15, 0.2) is 0 Å². The van der Waals surface area contributed by atoms with Crippen molar-refractivity contribution in [3.8, 4) is 0 Å². The van der Waals surface area contributed by atoms with E-state index in [1.165, 1.54) is 32.2 Å². The van der Waals surface area contributed by atoms with Gasteiger partial charge in [0.2, 0.25) is 0 Å². The molecule has 2 heterocycles. The first-order chi connectivity index (χ1) is 6.64. The molecule has 2 nitrogen and oxygen atoms in total. The van der Waals surface area contributed by atoms with Gasteiger partial charge in [-0.1, -0.05) is 0 Å². The van der Waals surface area contributed by atoms with E-state index in [1.54, 1.807) is 0 Å². The minimum absolute atomic E-state index is 0.369. The molecule has 3 aliphatic rings. The van der Waals surface area contributed by atoms with E-state index in [0.717, 1.165) is 18.8 Å². The molecule has 2 aliphatic heterocycles. The Balaban J connectivity index is 1.70. The lowest BCUT2D eigenvalue weighted by Crippen LogP contribution is -2.50. The number of hydrogen-bond donors (Lipinski definition) is 1. The molecule has 3 fully saturated rings. The summed E-state index contributed by atoms with van der Waals surface area (Å²) in [5, 5.41) is 10.1. The number of aliphatic hydroxyl groups is 1. The maximum Gasteiger partial charge on any atom is 0.0649 e. The predicted octanol–water partition coefficient (Wildman–Crippen LogP) is 1.77. The zero-order valence-corrected chi connectivity index (χ0v) is 9.08. The van der Waals surface area contributed by atoms with E-state index in [0.29, 0.717) is 12.1 Å². The van der Waals surface area contributed by atoms with E-state index in [9.17, 15) is 5.11 Å². The molecule has 0 radical (unpaired) electrons. The van der Waals surface area contributed by atoms with E-state index in [-0.39, 0.29) is 5.60 Å². The molecule has 0 aromatic heterocycles. The third kappa shape index (κ3) is 1.59. The SMILES string of the molecule is CC1(O)C[C@H]2CC[C@H](C1)N2CC1CC1. The lowest BCUT2D eigenvalue weighted by Gasteiger charge is -2.42. The van der Waals surface area contributed by atoms with Crippen molar-refractivity contribution < 1.29 is 5.11 Å². The first-order valence-electron chi connectivity index (χ1n) is 6.12. The zero-order chi connectivity index (χ0) is 9.76. The van der Waals surface area contributed by atoms with Crippen LogP contribution < -0.4 is 0 Å². The second kappa shape index (κ2) is 2.96. The van der Waals surface area contributed by atoms with Crippen molar-refractivity contribution >= 4 is 0 Å². The molecule has 0 aromatic rings. The third-order valence-corrected chi connectivity index (χ3v) is 4.29. The summed E-state index contributed by atoms with van der Waals surface area (Å²) in [6, 6.07) is 1.40. The van der Waals surface area contributed by atoms with Gasteiger partial charge in [0.1, 0.15) is 0 Å². The Morgan fingerprint density at radius 2 is 1.71 bits per heavy atom. The number of nitrogens with zero attached hydrogens (tertiary/aromatic N) is 1. The summed E-state index contributed by atoms with van der Waals surface area (Å²) in [5.41, 5.74) is -0.369. The highest BCUT2D eigenvalue weighted by molar-refractivity contribution is 5.01. The van der Waals surface area contributed by atoms with Crippen molar-refractivity contribution in [2.45, 2.75) is 63.1 Å². The molecule has 1 saturated carbocycles. The number of hydrogen-bond acceptors (Lipinski definition) is 2. The van der Waals surface area contributed by atoms with Crippen LogP contribution in [0.1, 0.15) is 45.4 Å². The number of piperidine rings is 1. The average molecular weight is 195 g/mol. The Labute approximate surface area is 86.3 Å². The van der Waals surface area contributed by atoms with Crippen LogP contribution in [0.2, 0.25) is 0 Å². The van der Waals surface area contributed by atoms with Gasteiger partial charge in [0.25, 0.3) is 0 Å². The molecule has 1 aliphatic carbocycles. The Bertz CT molecular complexity index is 218. The highest BCUT2D eigenvalue weighted by Crippen LogP contribution is 2.43. The van der Waals surface area contributed by atoms with Crippen molar-refractivity contribution in [2.75, 3.05) is 6.54 Å². The van der Waals surface area contributed by atoms with Crippen LogP contribution >= 0.6 is 0 Å². The monoisotopic (exact) mass is 195 g/mol. The van der Waals surface area contributed by atoms with Crippen LogP contribution in [-0.4, -0.2) is 34.2 Å². The molecule has 0 aromatic carbocycles. The molecule has 1 N–H and O–H groups in total. The van der Waals surface area contributed by atoms with Crippen LogP contribution in [0.25, 0.3) is 0 Å². The van der Waals surface area contributed by atoms with Crippen LogP contribution in [0.15, 0.2) is 0 Å². The Morgan fingerprint density at radius 3 is 2.21 bits per heavy atom. The van der Waals surface area contributed by atoms with Gasteiger partial charge in [0, 0.05) is 18.6 Å². The predicted molar refractivity (Wildman–Crippen MR) is 56.1 cm³/mol. The van der Waals surface area contributed by atoms with Crippen LogP contribution in [0, 0.1) is 5.92 Å². The largest absolute Gasteiger partial charge is 0.390 e. The van der Waals surface area contributed by atoms with Crippen LogP contribution in [-0.2, 0) is 0 Å². The highest BCUT2D eigenvalue weighted by Gasteiger charge is 2.46. The third-order valence-electron chi connectivity index (χ3n) is 4.29. The Morgan fingerprint density at radius 1 is 1.14 bits per heavy atom. The van der Waals surface area contributed by atoms with E-state index >= 15 is 0 Å². The van der Waals surface area contributed by atoms with Gasteiger partial charge < -0.3 is 5.11 Å². The maximum atomic E-state index is 10.1. The lowest BCUT2D eigenvalue weighted by atomic mass is 9.88. The summed E-state index contributed by atoms with van der Waals surface area (Å²) in [7, 11) is 0. The summed E-state index contributed by atoms with van der Waals surface area (Å²) >= 11 is 0. The van der Waals surface area contributed by atoms with E-state index < -0.39 is 0 Å². The fourth-order valence-corrected chi connectivity index (χ4v) is 3.45. The normalized spacial score (nSPS) is 48.4. The molecule has 2 atom stereocenters. The zero-order valence-electron chi connectivity index (χ0n) is 9.08. The first kappa shape index (κ1) is 9.17. The minimum Gasteiger partial charge on any atom is -0.390 e. The quantitative estimate of drug-likeness (QED) is 0.726. The molecule has 3 rings (SSSR count). The summed E-state index contributed by atoms with van der Waals surface area (Å²) in [4.78, 5) is 2.70. The van der Waals surface area contributed by atoms with E-state index in [4.69, 9.17) is 0 Å². The van der Waals surface area contributed by atoms with Crippen molar-refractivity contribution in [2.24, 2.45) is 5.92 Å². The van der Waals surface area contributed by atoms with Gasteiger partial charge >= 0.3 is 0 Å². The summed E-state index contributed by atoms with van der Waals surface area (Å²) in [6.07, 6.45) is 7.58. The average Bonchev–Trinajstić information content (AvgIpc) is 2.83. The molecule has 0 unspecified atom stereocenters. The number of rotatable bonds is 2. The molecule has 0 spiro atoms. The molecule has 2 saturated heterocycles. The molecule has 0 amide bonds. The Hall–Kier alpha value is -0.0800.